The Kier molecular flexibility index (Phi) is 4.86. The minimum atomic E-state index is -0.469. The first-order valence-electron chi connectivity index (χ1n) is 6.10. The van der Waals surface area contributed by atoms with Crippen LogP contribution in [-0.4, -0.2) is 6.04 Å². The molecule has 0 aliphatic rings. The number of nitrogens with two attached hydrogens (primary N) is 1. The molecule has 2 aromatic rings. The van der Waals surface area contributed by atoms with E-state index < -0.39 is 6.10 Å². The quantitative estimate of drug-likeness (QED) is 0.895. The van der Waals surface area contributed by atoms with Gasteiger partial charge in [-0.25, -0.2) is 4.39 Å². The highest BCUT2D eigenvalue weighted by molar-refractivity contribution is 6.42. The number of benzene rings is 2. The van der Waals surface area contributed by atoms with Gasteiger partial charge in [0.05, 0.1) is 10.0 Å². The van der Waals surface area contributed by atoms with E-state index in [0.717, 1.165) is 0 Å². The van der Waals surface area contributed by atoms with Crippen molar-refractivity contribution in [2.24, 2.45) is 5.73 Å². The fraction of sp³-hybridized carbons (Fsp3) is 0.200. The van der Waals surface area contributed by atoms with E-state index in [9.17, 15) is 4.39 Å². The van der Waals surface area contributed by atoms with Crippen molar-refractivity contribution in [3.63, 3.8) is 0 Å². The second kappa shape index (κ2) is 6.44. The summed E-state index contributed by atoms with van der Waals surface area (Å²) in [5, 5.41) is 0.842. The molecule has 0 aliphatic carbocycles. The van der Waals surface area contributed by atoms with Crippen molar-refractivity contribution in [1.82, 2.24) is 0 Å². The number of hydrogen-bond acceptors (Lipinski definition) is 2. The molecule has 2 unspecified atom stereocenters. The molecule has 0 spiro atoms. The van der Waals surface area contributed by atoms with Crippen LogP contribution in [0.5, 0.6) is 5.75 Å². The van der Waals surface area contributed by atoms with Crippen LogP contribution < -0.4 is 10.5 Å². The van der Waals surface area contributed by atoms with Gasteiger partial charge < -0.3 is 10.5 Å². The normalized spacial score (nSPS) is 13.8. The van der Waals surface area contributed by atoms with Gasteiger partial charge in [-0.05, 0) is 36.8 Å². The summed E-state index contributed by atoms with van der Waals surface area (Å²) in [6, 6.07) is 10.8. The van der Waals surface area contributed by atoms with E-state index >= 15 is 0 Å². The van der Waals surface area contributed by atoms with E-state index in [1.807, 2.05) is 0 Å². The van der Waals surface area contributed by atoms with Crippen molar-refractivity contribution in [3.8, 4) is 5.75 Å². The average Bonchev–Trinajstić information content (AvgIpc) is 2.39. The third-order valence-electron chi connectivity index (χ3n) is 2.81. The predicted molar refractivity (Wildman–Crippen MR) is 79.9 cm³/mol. The summed E-state index contributed by atoms with van der Waals surface area (Å²) in [7, 11) is 0. The van der Waals surface area contributed by atoms with Crippen LogP contribution in [-0.2, 0) is 0 Å². The lowest BCUT2D eigenvalue weighted by atomic mass is 10.0. The summed E-state index contributed by atoms with van der Waals surface area (Å²) in [4.78, 5) is 0. The lowest BCUT2D eigenvalue weighted by molar-refractivity contribution is 0.180. The lowest BCUT2D eigenvalue weighted by Crippen LogP contribution is -2.29. The zero-order valence-corrected chi connectivity index (χ0v) is 12.3. The molecular weight excluding hydrogens is 300 g/mol. The fourth-order valence-corrected chi connectivity index (χ4v) is 2.15. The molecule has 2 atom stereocenters. The Morgan fingerprint density at radius 3 is 2.45 bits per heavy atom. The van der Waals surface area contributed by atoms with E-state index in [4.69, 9.17) is 33.7 Å². The molecular formula is C15H14Cl2FNO. The number of rotatable bonds is 4. The van der Waals surface area contributed by atoms with Gasteiger partial charge in [0.2, 0.25) is 0 Å². The molecule has 2 rings (SSSR count). The van der Waals surface area contributed by atoms with Crippen LogP contribution in [0.2, 0.25) is 10.0 Å². The van der Waals surface area contributed by atoms with Crippen LogP contribution in [0.4, 0.5) is 4.39 Å². The van der Waals surface area contributed by atoms with Crippen molar-refractivity contribution >= 4 is 23.2 Å². The lowest BCUT2D eigenvalue weighted by Gasteiger charge is -2.23. The smallest absolute Gasteiger partial charge is 0.139 e. The van der Waals surface area contributed by atoms with Crippen LogP contribution in [0.1, 0.15) is 18.6 Å². The number of ether oxygens (including phenoxy) is 1. The summed E-state index contributed by atoms with van der Waals surface area (Å²) in [5.41, 5.74) is 6.60. The Morgan fingerprint density at radius 2 is 1.85 bits per heavy atom. The first-order valence-corrected chi connectivity index (χ1v) is 6.85. The Labute approximate surface area is 127 Å². The van der Waals surface area contributed by atoms with E-state index in [2.05, 4.69) is 0 Å². The Bertz CT molecular complexity index is 604. The molecule has 2 nitrogen and oxygen atoms in total. The van der Waals surface area contributed by atoms with E-state index in [0.29, 0.717) is 21.4 Å². The summed E-state index contributed by atoms with van der Waals surface area (Å²) in [6.45, 7) is 1.80. The van der Waals surface area contributed by atoms with Crippen molar-refractivity contribution in [2.75, 3.05) is 0 Å². The predicted octanol–water partition coefficient (Wildman–Crippen LogP) is 4.60. The van der Waals surface area contributed by atoms with Crippen LogP contribution in [0, 0.1) is 5.82 Å². The summed E-state index contributed by atoms with van der Waals surface area (Å²) >= 11 is 11.8. The van der Waals surface area contributed by atoms with Gasteiger partial charge in [0.1, 0.15) is 17.7 Å². The zero-order valence-electron chi connectivity index (χ0n) is 10.8. The minimum Gasteiger partial charge on any atom is -0.484 e. The number of hydrogen-bond donors (Lipinski definition) is 1. The number of halogens is 3. The van der Waals surface area contributed by atoms with Crippen molar-refractivity contribution in [2.45, 2.75) is 19.1 Å². The maximum Gasteiger partial charge on any atom is 0.139 e. The molecule has 0 amide bonds. The van der Waals surface area contributed by atoms with Crippen molar-refractivity contribution < 1.29 is 9.13 Å². The van der Waals surface area contributed by atoms with Crippen molar-refractivity contribution in [3.05, 3.63) is 63.9 Å². The first-order chi connectivity index (χ1) is 9.47. The molecule has 0 bridgehead atoms. The van der Waals surface area contributed by atoms with Crippen LogP contribution in [0.25, 0.3) is 0 Å². The molecule has 0 aromatic heterocycles. The summed E-state index contributed by atoms with van der Waals surface area (Å²) < 4.78 is 19.1. The van der Waals surface area contributed by atoms with Crippen LogP contribution in [0.3, 0.4) is 0 Å². The third-order valence-corrected chi connectivity index (χ3v) is 3.55. The monoisotopic (exact) mass is 313 g/mol. The fourth-order valence-electron chi connectivity index (χ4n) is 1.86. The third kappa shape index (κ3) is 3.63. The highest BCUT2D eigenvalue weighted by Crippen LogP contribution is 2.30. The Balaban J connectivity index is 2.28. The molecule has 20 heavy (non-hydrogen) atoms. The van der Waals surface area contributed by atoms with Gasteiger partial charge in [0, 0.05) is 12.1 Å². The average molecular weight is 314 g/mol. The largest absolute Gasteiger partial charge is 0.484 e. The van der Waals surface area contributed by atoms with Gasteiger partial charge in [-0.3, -0.25) is 0 Å². The second-order valence-electron chi connectivity index (χ2n) is 4.53. The molecule has 5 heteroatoms. The SMILES string of the molecule is CC(N)C(Oc1ccc(Cl)c(Cl)c1)c1cccc(F)c1. The van der Waals surface area contributed by atoms with Gasteiger partial charge in [0.15, 0.2) is 0 Å². The minimum absolute atomic E-state index is 0.314. The molecule has 106 valence electrons. The molecule has 0 heterocycles. The highest BCUT2D eigenvalue weighted by Gasteiger charge is 2.19. The van der Waals surface area contributed by atoms with Crippen molar-refractivity contribution in [1.29, 1.82) is 0 Å². The van der Waals surface area contributed by atoms with Crippen LogP contribution in [0.15, 0.2) is 42.5 Å². The molecule has 0 saturated heterocycles. The topological polar surface area (TPSA) is 35.2 Å². The molecule has 0 radical (unpaired) electrons. The second-order valence-corrected chi connectivity index (χ2v) is 5.34. The Morgan fingerprint density at radius 1 is 1.10 bits per heavy atom. The molecule has 0 aliphatic heterocycles. The molecule has 0 fully saturated rings. The van der Waals surface area contributed by atoms with Gasteiger partial charge in [-0.15, -0.1) is 0 Å². The standard InChI is InChI=1S/C15H14Cl2FNO/c1-9(19)15(10-3-2-4-11(18)7-10)20-12-5-6-13(16)14(17)8-12/h2-9,15H,19H2,1H3. The maximum absolute atomic E-state index is 13.3. The maximum atomic E-state index is 13.3. The first kappa shape index (κ1) is 15.1. The molecule has 2 N–H and O–H groups in total. The van der Waals surface area contributed by atoms with E-state index in [-0.39, 0.29) is 11.9 Å². The highest BCUT2D eigenvalue weighted by atomic mass is 35.5. The van der Waals surface area contributed by atoms with Crippen LogP contribution >= 0.6 is 23.2 Å². The Hall–Kier alpha value is -1.29. The van der Waals surface area contributed by atoms with Gasteiger partial charge in [-0.2, -0.15) is 0 Å². The zero-order chi connectivity index (χ0) is 14.7. The summed E-state index contributed by atoms with van der Waals surface area (Å²) in [5.74, 6) is 0.205. The summed E-state index contributed by atoms with van der Waals surface area (Å²) in [6.07, 6.45) is -0.469. The van der Waals surface area contributed by atoms with Gasteiger partial charge in [-0.1, -0.05) is 35.3 Å². The molecule has 2 aromatic carbocycles. The van der Waals surface area contributed by atoms with E-state index in [1.165, 1.54) is 12.1 Å². The van der Waals surface area contributed by atoms with Gasteiger partial charge >= 0.3 is 0 Å². The van der Waals surface area contributed by atoms with Gasteiger partial charge in [0.25, 0.3) is 0 Å². The van der Waals surface area contributed by atoms with E-state index in [1.54, 1.807) is 37.3 Å². The molecule has 0 saturated carbocycles.